The van der Waals surface area contributed by atoms with Gasteiger partial charge in [0.25, 0.3) is 0 Å². The molecule has 0 aliphatic rings. The topological polar surface area (TPSA) is 155 Å². The number of carboxylic acids is 1. The van der Waals surface area contributed by atoms with Crippen molar-refractivity contribution in [2.24, 2.45) is 5.73 Å². The van der Waals surface area contributed by atoms with E-state index < -0.39 is 45.1 Å². The molecule has 4 N–H and O–H groups in total. The van der Waals surface area contributed by atoms with E-state index in [1.807, 2.05) is 0 Å². The van der Waals surface area contributed by atoms with E-state index in [0.29, 0.717) is 13.0 Å². The minimum atomic E-state index is -4.62. The number of nitrogens with two attached hydrogens (primary N) is 1. The number of ether oxygens (including phenoxy) is 2. The lowest BCUT2D eigenvalue weighted by molar-refractivity contribution is -0.154. The number of phosphoric acid groups is 1. The van der Waals surface area contributed by atoms with Crippen LogP contribution in [0.1, 0.15) is 174 Å². The molecule has 0 bridgehead atoms. The predicted molar refractivity (Wildman–Crippen MR) is 231 cm³/mol. The van der Waals surface area contributed by atoms with Gasteiger partial charge in [0.15, 0.2) is 0 Å². The van der Waals surface area contributed by atoms with Crippen molar-refractivity contribution in [3.63, 3.8) is 0 Å². The summed E-state index contributed by atoms with van der Waals surface area (Å²) in [5.41, 5.74) is 5.35. The summed E-state index contributed by atoms with van der Waals surface area (Å²) in [4.78, 5) is 33.5. The van der Waals surface area contributed by atoms with Gasteiger partial charge in [0.2, 0.25) is 0 Å². The first-order chi connectivity index (χ1) is 27.2. The normalized spacial score (nSPS) is 14.5. The number of hydrogen-bond acceptors (Lipinski definition) is 8. The van der Waals surface area contributed by atoms with Gasteiger partial charge < -0.3 is 25.2 Å². The number of esters is 1. The predicted octanol–water partition coefficient (Wildman–Crippen LogP) is 12.0. The van der Waals surface area contributed by atoms with Gasteiger partial charge in [0, 0.05) is 13.0 Å². The largest absolute Gasteiger partial charge is 0.480 e. The molecule has 0 radical (unpaired) electrons. The fourth-order valence-corrected chi connectivity index (χ4v) is 6.43. The van der Waals surface area contributed by atoms with E-state index >= 15 is 0 Å². The van der Waals surface area contributed by atoms with Crippen molar-refractivity contribution in [3.05, 3.63) is 60.8 Å². The summed E-state index contributed by atoms with van der Waals surface area (Å²) >= 11 is 0. The van der Waals surface area contributed by atoms with Gasteiger partial charge in [-0.15, -0.1) is 0 Å². The summed E-state index contributed by atoms with van der Waals surface area (Å²) in [6, 6.07) is -1.48. The highest BCUT2D eigenvalue weighted by Crippen LogP contribution is 2.43. The molecule has 0 saturated carbocycles. The highest BCUT2D eigenvalue weighted by Gasteiger charge is 2.27. The number of rotatable bonds is 41. The Bertz CT molecular complexity index is 1120. The van der Waals surface area contributed by atoms with Crippen LogP contribution in [0.5, 0.6) is 0 Å². The Morgan fingerprint density at radius 2 is 1.04 bits per heavy atom. The van der Waals surface area contributed by atoms with Crippen LogP contribution in [-0.4, -0.2) is 60.5 Å². The smallest absolute Gasteiger partial charge is 0.472 e. The number of hydrogen-bond donors (Lipinski definition) is 3. The van der Waals surface area contributed by atoms with Gasteiger partial charge in [0.05, 0.1) is 19.8 Å². The van der Waals surface area contributed by atoms with Crippen LogP contribution in [0.4, 0.5) is 0 Å². The van der Waals surface area contributed by atoms with Crippen molar-refractivity contribution in [2.45, 2.75) is 187 Å². The van der Waals surface area contributed by atoms with Gasteiger partial charge in [-0.3, -0.25) is 18.6 Å². The fourth-order valence-electron chi connectivity index (χ4n) is 5.65. The molecular formula is C45H80NO9P. The molecule has 0 heterocycles. The van der Waals surface area contributed by atoms with E-state index in [0.717, 1.165) is 77.0 Å². The summed E-state index contributed by atoms with van der Waals surface area (Å²) in [5, 5.41) is 8.90. The quantitative estimate of drug-likeness (QED) is 0.0235. The van der Waals surface area contributed by atoms with Gasteiger partial charge in [-0.05, 0) is 77.0 Å². The molecule has 0 aromatic carbocycles. The standard InChI is InChI=1S/C45H80NO9P/c1-3-5-7-9-11-13-15-17-19-21-23-25-27-29-31-33-35-37-44(47)55-42(40-53-56(50,51)54-41-43(46)45(48)49)39-52-38-36-34-32-30-28-26-24-22-20-18-16-14-12-10-8-6-4-2/h5,7,11,13-14,16-17,19-20,22,42-43H,3-4,6,8-10,12,15,18,21,23-41,46H2,1-2H3,(H,48,49)(H,50,51)/b7-5-,13-11-,16-14-,19-17-,22-20-. The third-order valence-corrected chi connectivity index (χ3v) is 9.98. The maximum atomic E-state index is 12.6. The molecule has 10 nitrogen and oxygen atoms in total. The number of aliphatic carboxylic acids is 1. The number of unbranched alkanes of at least 4 members (excludes halogenated alkanes) is 17. The Labute approximate surface area is 341 Å². The van der Waals surface area contributed by atoms with Crippen LogP contribution in [0.2, 0.25) is 0 Å². The molecule has 0 aromatic heterocycles. The Kier molecular flexibility index (Phi) is 39.2. The second kappa shape index (κ2) is 40.9. The monoisotopic (exact) mass is 810 g/mol. The molecule has 0 spiro atoms. The molecule has 0 aromatic rings. The zero-order chi connectivity index (χ0) is 41.2. The third-order valence-electron chi connectivity index (χ3n) is 9.03. The third kappa shape index (κ3) is 39.9. The second-order valence-corrected chi connectivity index (χ2v) is 15.9. The molecule has 0 aliphatic heterocycles. The second-order valence-electron chi connectivity index (χ2n) is 14.4. The van der Waals surface area contributed by atoms with Gasteiger partial charge in [0.1, 0.15) is 12.1 Å². The average molecular weight is 810 g/mol. The van der Waals surface area contributed by atoms with Crippen LogP contribution in [0.15, 0.2) is 60.8 Å². The van der Waals surface area contributed by atoms with Crippen LogP contribution < -0.4 is 5.73 Å². The van der Waals surface area contributed by atoms with E-state index in [2.05, 4.69) is 74.6 Å². The maximum Gasteiger partial charge on any atom is 0.472 e. The van der Waals surface area contributed by atoms with E-state index in [4.69, 9.17) is 29.4 Å². The molecule has 11 heteroatoms. The number of carbonyl (C=O) groups excluding carboxylic acids is 1. The summed E-state index contributed by atoms with van der Waals surface area (Å²) < 4.78 is 33.3. The highest BCUT2D eigenvalue weighted by molar-refractivity contribution is 7.47. The molecule has 0 aliphatic carbocycles. The van der Waals surface area contributed by atoms with Gasteiger partial charge in [-0.2, -0.15) is 0 Å². The lowest BCUT2D eigenvalue weighted by Crippen LogP contribution is -2.34. The molecule has 0 amide bonds. The van der Waals surface area contributed by atoms with E-state index in [1.54, 1.807) is 0 Å². The fraction of sp³-hybridized carbons (Fsp3) is 0.733. The first-order valence-electron chi connectivity index (χ1n) is 21.8. The summed E-state index contributed by atoms with van der Waals surface area (Å²) in [5.74, 6) is -1.80. The Balaban J connectivity index is 4.28. The molecular weight excluding hydrogens is 729 g/mol. The maximum absolute atomic E-state index is 12.6. The van der Waals surface area contributed by atoms with Crippen molar-refractivity contribution in [3.8, 4) is 0 Å². The molecule has 324 valence electrons. The first kappa shape index (κ1) is 53.7. The Morgan fingerprint density at radius 3 is 1.55 bits per heavy atom. The molecule has 0 rings (SSSR count). The van der Waals surface area contributed by atoms with Crippen LogP contribution in [-0.2, 0) is 32.7 Å². The van der Waals surface area contributed by atoms with Crippen LogP contribution >= 0.6 is 7.82 Å². The lowest BCUT2D eigenvalue weighted by Gasteiger charge is -2.20. The van der Waals surface area contributed by atoms with Crippen LogP contribution in [0.25, 0.3) is 0 Å². The van der Waals surface area contributed by atoms with Gasteiger partial charge in [-0.25, -0.2) is 4.57 Å². The van der Waals surface area contributed by atoms with E-state index in [9.17, 15) is 19.0 Å². The van der Waals surface area contributed by atoms with Crippen molar-refractivity contribution < 1.29 is 42.7 Å². The first-order valence-corrected chi connectivity index (χ1v) is 23.3. The van der Waals surface area contributed by atoms with E-state index in [1.165, 1.54) is 70.6 Å². The van der Waals surface area contributed by atoms with E-state index in [-0.39, 0.29) is 13.0 Å². The highest BCUT2D eigenvalue weighted by atomic mass is 31.2. The summed E-state index contributed by atoms with van der Waals surface area (Å²) in [7, 11) is -4.62. The Hall–Kier alpha value is -2.33. The number of carbonyl (C=O) groups is 2. The molecule has 0 saturated heterocycles. The molecule has 56 heavy (non-hydrogen) atoms. The summed E-state index contributed by atoms with van der Waals surface area (Å²) in [6.45, 7) is 3.71. The Morgan fingerprint density at radius 1 is 0.589 bits per heavy atom. The number of carboxylic acid groups (broad SMARTS) is 1. The molecule has 3 atom stereocenters. The van der Waals surface area contributed by atoms with Crippen LogP contribution in [0.3, 0.4) is 0 Å². The number of phosphoric ester groups is 1. The van der Waals surface area contributed by atoms with Crippen molar-refractivity contribution in [1.29, 1.82) is 0 Å². The zero-order valence-corrected chi connectivity index (χ0v) is 36.1. The van der Waals surface area contributed by atoms with Crippen molar-refractivity contribution >= 4 is 19.8 Å². The minimum absolute atomic E-state index is 0.00327. The summed E-state index contributed by atoms with van der Waals surface area (Å²) in [6.07, 6.45) is 48.4. The van der Waals surface area contributed by atoms with Gasteiger partial charge >= 0.3 is 19.8 Å². The van der Waals surface area contributed by atoms with Crippen molar-refractivity contribution in [2.75, 3.05) is 26.4 Å². The molecule has 3 unspecified atom stereocenters. The zero-order valence-electron chi connectivity index (χ0n) is 35.2. The minimum Gasteiger partial charge on any atom is -0.480 e. The molecule has 0 fully saturated rings. The van der Waals surface area contributed by atoms with Crippen molar-refractivity contribution in [1.82, 2.24) is 0 Å². The SMILES string of the molecule is CC/C=C\C/C=C\C/C=C\CCCCCCCCCC(=O)OC(COCCCCCCCC/C=C\C/C=C\CCCCCC)COP(=O)(O)OCC(N)C(=O)O. The number of allylic oxidation sites excluding steroid dienone is 10. The average Bonchev–Trinajstić information content (AvgIpc) is 3.18. The van der Waals surface area contributed by atoms with Crippen LogP contribution in [0, 0.1) is 0 Å². The van der Waals surface area contributed by atoms with Gasteiger partial charge in [-0.1, -0.05) is 152 Å². The lowest BCUT2D eigenvalue weighted by atomic mass is 10.1.